The van der Waals surface area contributed by atoms with Gasteiger partial charge in [0.2, 0.25) is 0 Å². The lowest BCUT2D eigenvalue weighted by molar-refractivity contribution is 0.329. The van der Waals surface area contributed by atoms with Crippen LogP contribution in [0.25, 0.3) is 0 Å². The average Bonchev–Trinajstić information content (AvgIpc) is 3.31. The Morgan fingerprint density at radius 2 is 1.22 bits per heavy atom. The van der Waals surface area contributed by atoms with E-state index in [1.165, 1.54) is 0 Å². The van der Waals surface area contributed by atoms with E-state index >= 15 is 0 Å². The highest BCUT2D eigenvalue weighted by atomic mass is 16.5. The number of nitrogens with zero attached hydrogens (tertiary/aromatic N) is 4. The summed E-state index contributed by atoms with van der Waals surface area (Å²) in [5.41, 5.74) is 5.34. The summed E-state index contributed by atoms with van der Waals surface area (Å²) in [6.07, 6.45) is 3.87. The van der Waals surface area contributed by atoms with Gasteiger partial charge in [0, 0.05) is 73.2 Å². The second-order valence-corrected chi connectivity index (χ2v) is 9.01. The van der Waals surface area contributed by atoms with Crippen molar-refractivity contribution in [3.05, 3.63) is 71.5 Å². The predicted molar refractivity (Wildman–Crippen MR) is 155 cm³/mol. The van der Waals surface area contributed by atoms with Crippen LogP contribution in [0.1, 0.15) is 58.4 Å². The van der Waals surface area contributed by atoms with Gasteiger partial charge in [0.25, 0.3) is 0 Å². The lowest BCUT2D eigenvalue weighted by Gasteiger charge is -2.33. The molecule has 37 heavy (non-hydrogen) atoms. The molecule has 0 amide bonds. The van der Waals surface area contributed by atoms with Gasteiger partial charge in [0.15, 0.2) is 0 Å². The molecule has 0 fully saturated rings. The summed E-state index contributed by atoms with van der Waals surface area (Å²) < 4.78 is 12.6. The van der Waals surface area contributed by atoms with Gasteiger partial charge >= 0.3 is 0 Å². The van der Waals surface area contributed by atoms with Crippen molar-refractivity contribution in [2.45, 2.75) is 47.0 Å². The van der Waals surface area contributed by atoms with Gasteiger partial charge in [0.1, 0.15) is 16.9 Å². The van der Waals surface area contributed by atoms with Crippen LogP contribution in [-0.4, -0.2) is 50.6 Å². The molecule has 0 radical (unpaired) electrons. The van der Waals surface area contributed by atoms with Gasteiger partial charge in [-0.3, -0.25) is 9.98 Å². The largest absolute Gasteiger partial charge is 0.493 e. The van der Waals surface area contributed by atoms with E-state index in [2.05, 4.69) is 73.9 Å². The van der Waals surface area contributed by atoms with Gasteiger partial charge in [-0.2, -0.15) is 0 Å². The number of rotatable bonds is 12. The normalized spacial score (nSPS) is 13.4. The van der Waals surface area contributed by atoms with Crippen molar-refractivity contribution in [2.24, 2.45) is 4.99 Å². The van der Waals surface area contributed by atoms with E-state index in [4.69, 9.17) is 19.5 Å². The molecular formula is C31H40N4O2. The Kier molecular flexibility index (Phi) is 8.37. The van der Waals surface area contributed by atoms with E-state index in [0.29, 0.717) is 13.2 Å². The zero-order valence-electron chi connectivity index (χ0n) is 23.1. The maximum atomic E-state index is 6.32. The first-order valence-corrected chi connectivity index (χ1v) is 13.6. The second kappa shape index (κ2) is 11.7. The van der Waals surface area contributed by atoms with Crippen LogP contribution in [-0.2, 0) is 5.41 Å². The van der Waals surface area contributed by atoms with E-state index in [1.54, 1.807) is 0 Å². The molecule has 1 aliphatic rings. The van der Waals surface area contributed by atoms with Crippen LogP contribution in [0, 0.1) is 0 Å². The third-order valence-electron chi connectivity index (χ3n) is 7.19. The molecule has 196 valence electrons. The number of hydrogen-bond donors (Lipinski definition) is 0. The van der Waals surface area contributed by atoms with Gasteiger partial charge < -0.3 is 19.3 Å². The Morgan fingerprint density at radius 1 is 0.703 bits per heavy atom. The summed E-state index contributed by atoms with van der Waals surface area (Å²) in [5, 5.41) is 0. The minimum atomic E-state index is -0.741. The number of ether oxygens (including phenoxy) is 2. The van der Waals surface area contributed by atoms with Crippen molar-refractivity contribution < 1.29 is 9.47 Å². The molecular weight excluding hydrogens is 460 g/mol. The first-order valence-electron chi connectivity index (χ1n) is 13.6. The van der Waals surface area contributed by atoms with Crippen molar-refractivity contribution in [3.8, 4) is 11.5 Å². The van der Waals surface area contributed by atoms with Crippen LogP contribution in [0.15, 0.2) is 59.7 Å². The number of fused-ring (bicyclic) bond motifs is 1. The monoisotopic (exact) mass is 500 g/mol. The van der Waals surface area contributed by atoms with Crippen LogP contribution in [0.3, 0.4) is 0 Å². The van der Waals surface area contributed by atoms with Gasteiger partial charge in [-0.05, 0) is 65.8 Å². The molecule has 6 heteroatoms. The van der Waals surface area contributed by atoms with Crippen LogP contribution in [0.5, 0.6) is 11.5 Å². The number of anilines is 2. The number of hydrogen-bond acceptors (Lipinski definition) is 6. The third kappa shape index (κ3) is 4.77. The molecule has 1 aromatic heterocycles. The van der Waals surface area contributed by atoms with Crippen molar-refractivity contribution in [3.63, 3.8) is 0 Å². The van der Waals surface area contributed by atoms with Gasteiger partial charge in [0.05, 0.1) is 24.6 Å². The number of pyridine rings is 1. The quantitative estimate of drug-likeness (QED) is 0.280. The average molecular weight is 501 g/mol. The minimum absolute atomic E-state index is 0.566. The fourth-order valence-corrected chi connectivity index (χ4v) is 5.37. The van der Waals surface area contributed by atoms with Crippen molar-refractivity contribution in [1.82, 2.24) is 4.98 Å². The molecule has 0 atom stereocenters. The number of benzene rings is 2. The van der Waals surface area contributed by atoms with E-state index in [9.17, 15) is 0 Å². The lowest BCUT2D eigenvalue weighted by Crippen LogP contribution is -2.32. The summed E-state index contributed by atoms with van der Waals surface area (Å²) in [4.78, 5) is 14.4. The van der Waals surface area contributed by atoms with Crippen molar-refractivity contribution in [1.29, 1.82) is 0 Å². The summed E-state index contributed by atoms with van der Waals surface area (Å²) >= 11 is 0. The van der Waals surface area contributed by atoms with Crippen LogP contribution in [0.2, 0.25) is 0 Å². The Hall–Kier alpha value is -3.54. The highest BCUT2D eigenvalue weighted by molar-refractivity contribution is 5.94. The molecule has 0 unspecified atom stereocenters. The molecule has 3 aromatic rings. The molecule has 0 N–H and O–H groups in total. The third-order valence-corrected chi connectivity index (χ3v) is 7.19. The van der Waals surface area contributed by atoms with Gasteiger partial charge in [-0.1, -0.05) is 12.1 Å². The number of aromatic nitrogens is 1. The molecule has 0 saturated heterocycles. The zero-order chi connectivity index (χ0) is 26.4. The molecule has 0 aliphatic carbocycles. The zero-order valence-corrected chi connectivity index (χ0v) is 23.1. The van der Waals surface area contributed by atoms with E-state index in [0.717, 1.165) is 71.6 Å². The van der Waals surface area contributed by atoms with Crippen LogP contribution < -0.4 is 19.3 Å². The highest BCUT2D eigenvalue weighted by Gasteiger charge is 2.45. The Morgan fingerprint density at radius 3 is 1.68 bits per heavy atom. The standard InChI is InChI=1S/C31H40N4O2/c1-7-34(8-2)23-15-17-25(28(20-23)36-11-5)31(22-33-27-14-13-19-32-30(27)31)26-18-16-24(35(9-3)10-4)21-29(26)37-12-6/h13-22H,7-12H2,1-6H3. The summed E-state index contributed by atoms with van der Waals surface area (Å²) in [6, 6.07) is 17.0. The molecule has 4 rings (SSSR count). The minimum Gasteiger partial charge on any atom is -0.493 e. The Labute approximate surface area is 222 Å². The molecule has 0 saturated carbocycles. The predicted octanol–water partition coefficient (Wildman–Crippen LogP) is 6.62. The van der Waals surface area contributed by atoms with E-state index < -0.39 is 5.41 Å². The smallest absolute Gasteiger partial charge is 0.126 e. The molecule has 0 spiro atoms. The molecule has 6 nitrogen and oxygen atoms in total. The fraction of sp³-hybridized carbons (Fsp3) is 0.419. The van der Waals surface area contributed by atoms with Gasteiger partial charge in [-0.15, -0.1) is 0 Å². The first-order chi connectivity index (χ1) is 18.1. The van der Waals surface area contributed by atoms with Crippen LogP contribution in [0.4, 0.5) is 17.1 Å². The molecule has 2 aromatic carbocycles. The Balaban J connectivity index is 2.01. The van der Waals surface area contributed by atoms with E-state index in [-0.39, 0.29) is 0 Å². The molecule has 1 aliphatic heterocycles. The van der Waals surface area contributed by atoms with Crippen LogP contribution >= 0.6 is 0 Å². The van der Waals surface area contributed by atoms with Crippen molar-refractivity contribution in [2.75, 3.05) is 49.2 Å². The summed E-state index contributed by atoms with van der Waals surface area (Å²) in [5.74, 6) is 1.68. The topological polar surface area (TPSA) is 50.2 Å². The molecule has 0 bridgehead atoms. The lowest BCUT2D eigenvalue weighted by atomic mass is 9.72. The molecule has 2 heterocycles. The first kappa shape index (κ1) is 26.5. The maximum Gasteiger partial charge on any atom is 0.126 e. The summed E-state index contributed by atoms with van der Waals surface area (Å²) in [7, 11) is 0. The summed E-state index contributed by atoms with van der Waals surface area (Å²) in [6.45, 7) is 17.6. The SMILES string of the molecule is CCOc1cc(N(CC)CC)ccc1C1(c2ccc(N(CC)CC)cc2OCC)C=Nc2cccnc21. The van der Waals surface area contributed by atoms with E-state index in [1.807, 2.05) is 38.4 Å². The number of aliphatic imine (C=N–C) groups is 1. The fourth-order valence-electron chi connectivity index (χ4n) is 5.37. The van der Waals surface area contributed by atoms with Gasteiger partial charge in [-0.25, -0.2) is 0 Å². The Bertz CT molecular complexity index is 1170. The maximum absolute atomic E-state index is 6.32. The van der Waals surface area contributed by atoms with Crippen molar-refractivity contribution >= 4 is 23.3 Å². The highest BCUT2D eigenvalue weighted by Crippen LogP contribution is 2.51. The second-order valence-electron chi connectivity index (χ2n) is 9.01.